The zero-order valence-electron chi connectivity index (χ0n) is 27.8. The lowest BCUT2D eigenvalue weighted by molar-refractivity contribution is 0.669. The molecule has 0 saturated carbocycles. The minimum atomic E-state index is 0.881. The number of anilines is 6. The largest absolute Gasteiger partial charge is 0.456 e. The Hall–Kier alpha value is -6.84. The normalized spacial score (nSPS) is 11.5. The summed E-state index contributed by atoms with van der Waals surface area (Å²) in [6, 6.07) is 69.3. The fraction of sp³-hybridized carbons (Fsp3) is 0. The standard InChI is InChI=1S/C48H32N2O/c1-3-17-36(18-4-1)49(37-19-5-2-6-20-37)38-21-13-22-39(30-38)50(40-27-26-33-14-7-8-15-34(33)28-40)46-29-35-16-9-10-23-41(35)43-31-45-42-24-11-12-25-47(42)51-48(45)32-44(43)46/h1-32H. The topological polar surface area (TPSA) is 19.6 Å². The molecule has 10 aromatic rings. The van der Waals surface area contributed by atoms with E-state index >= 15 is 0 Å². The SMILES string of the molecule is c1ccc(N(c2ccccc2)c2cccc(N(c3ccc4ccccc4c3)c3cc4ccccc4c4cc5c(cc34)oc3ccccc35)c2)cc1. The molecular formula is C48H32N2O. The summed E-state index contributed by atoms with van der Waals surface area (Å²) in [5.74, 6) is 0. The maximum absolute atomic E-state index is 6.50. The van der Waals surface area contributed by atoms with Crippen LogP contribution in [-0.4, -0.2) is 0 Å². The summed E-state index contributed by atoms with van der Waals surface area (Å²) < 4.78 is 6.50. The first-order chi connectivity index (χ1) is 25.3. The summed E-state index contributed by atoms with van der Waals surface area (Å²) in [6.07, 6.45) is 0. The quantitative estimate of drug-likeness (QED) is 0.167. The van der Waals surface area contributed by atoms with Gasteiger partial charge in [0.05, 0.1) is 5.69 Å². The van der Waals surface area contributed by atoms with E-state index in [9.17, 15) is 0 Å². The van der Waals surface area contributed by atoms with Gasteiger partial charge in [-0.2, -0.15) is 0 Å². The Labute approximate surface area is 295 Å². The maximum atomic E-state index is 6.50. The van der Waals surface area contributed by atoms with Gasteiger partial charge in [-0.25, -0.2) is 0 Å². The highest BCUT2D eigenvalue weighted by Gasteiger charge is 2.21. The number of hydrogen-bond acceptors (Lipinski definition) is 3. The van der Waals surface area contributed by atoms with Crippen LogP contribution in [0.15, 0.2) is 199 Å². The van der Waals surface area contributed by atoms with Crippen LogP contribution in [0.25, 0.3) is 54.3 Å². The lowest BCUT2D eigenvalue weighted by Gasteiger charge is -2.30. The van der Waals surface area contributed by atoms with Crippen LogP contribution in [-0.2, 0) is 0 Å². The smallest absolute Gasteiger partial charge is 0.136 e. The molecule has 0 aliphatic carbocycles. The molecule has 51 heavy (non-hydrogen) atoms. The van der Waals surface area contributed by atoms with E-state index in [-0.39, 0.29) is 0 Å². The second kappa shape index (κ2) is 11.9. The Kier molecular flexibility index (Phi) is 6.81. The van der Waals surface area contributed by atoms with Crippen molar-refractivity contribution < 1.29 is 4.42 Å². The van der Waals surface area contributed by atoms with Crippen molar-refractivity contribution >= 4 is 88.4 Å². The zero-order valence-corrected chi connectivity index (χ0v) is 27.8. The van der Waals surface area contributed by atoms with Crippen LogP contribution in [0.3, 0.4) is 0 Å². The molecule has 0 unspecified atom stereocenters. The van der Waals surface area contributed by atoms with Crippen LogP contribution < -0.4 is 9.80 Å². The molecule has 0 aliphatic heterocycles. The van der Waals surface area contributed by atoms with Crippen molar-refractivity contribution in [3.8, 4) is 0 Å². The maximum Gasteiger partial charge on any atom is 0.136 e. The molecular weight excluding hydrogens is 621 g/mol. The van der Waals surface area contributed by atoms with Crippen LogP contribution in [0.4, 0.5) is 34.1 Å². The van der Waals surface area contributed by atoms with Crippen molar-refractivity contribution in [2.24, 2.45) is 0 Å². The Balaban J connectivity index is 1.27. The van der Waals surface area contributed by atoms with E-state index < -0.39 is 0 Å². The highest BCUT2D eigenvalue weighted by Crippen LogP contribution is 2.46. The van der Waals surface area contributed by atoms with Crippen molar-refractivity contribution in [2.45, 2.75) is 0 Å². The van der Waals surface area contributed by atoms with E-state index in [1.165, 1.54) is 26.9 Å². The van der Waals surface area contributed by atoms with Gasteiger partial charge in [-0.3, -0.25) is 0 Å². The molecule has 10 rings (SSSR count). The second-order valence-corrected chi connectivity index (χ2v) is 13.0. The molecule has 0 radical (unpaired) electrons. The van der Waals surface area contributed by atoms with Gasteiger partial charge in [-0.05, 0) is 106 Å². The molecule has 0 spiro atoms. The van der Waals surface area contributed by atoms with Gasteiger partial charge in [-0.15, -0.1) is 0 Å². The van der Waals surface area contributed by atoms with E-state index in [1.54, 1.807) is 0 Å². The van der Waals surface area contributed by atoms with E-state index in [0.29, 0.717) is 0 Å². The minimum Gasteiger partial charge on any atom is -0.456 e. The lowest BCUT2D eigenvalue weighted by atomic mass is 9.97. The summed E-state index contributed by atoms with van der Waals surface area (Å²) in [5.41, 5.74) is 8.27. The number of para-hydroxylation sites is 3. The first kappa shape index (κ1) is 29.1. The number of fused-ring (bicyclic) bond motifs is 7. The lowest BCUT2D eigenvalue weighted by Crippen LogP contribution is -2.13. The first-order valence-corrected chi connectivity index (χ1v) is 17.3. The Bertz CT molecular complexity index is 2840. The van der Waals surface area contributed by atoms with Crippen LogP contribution >= 0.6 is 0 Å². The van der Waals surface area contributed by atoms with Crippen LogP contribution in [0, 0.1) is 0 Å². The van der Waals surface area contributed by atoms with Gasteiger partial charge >= 0.3 is 0 Å². The van der Waals surface area contributed by atoms with Crippen molar-refractivity contribution in [3.05, 3.63) is 194 Å². The van der Waals surface area contributed by atoms with Gasteiger partial charge in [0.25, 0.3) is 0 Å². The molecule has 0 bridgehead atoms. The molecule has 0 aliphatic rings. The first-order valence-electron chi connectivity index (χ1n) is 17.3. The van der Waals surface area contributed by atoms with Crippen LogP contribution in [0.5, 0.6) is 0 Å². The highest BCUT2D eigenvalue weighted by atomic mass is 16.3. The number of nitrogens with zero attached hydrogens (tertiary/aromatic N) is 2. The molecule has 1 heterocycles. The van der Waals surface area contributed by atoms with Crippen LogP contribution in [0.1, 0.15) is 0 Å². The minimum absolute atomic E-state index is 0.881. The number of rotatable bonds is 6. The van der Waals surface area contributed by atoms with Crippen molar-refractivity contribution in [2.75, 3.05) is 9.80 Å². The van der Waals surface area contributed by atoms with E-state index in [0.717, 1.165) is 61.4 Å². The summed E-state index contributed by atoms with van der Waals surface area (Å²) in [7, 11) is 0. The third-order valence-corrected chi connectivity index (χ3v) is 9.94. The van der Waals surface area contributed by atoms with E-state index in [4.69, 9.17) is 4.42 Å². The third kappa shape index (κ3) is 4.98. The summed E-state index contributed by atoms with van der Waals surface area (Å²) >= 11 is 0. The summed E-state index contributed by atoms with van der Waals surface area (Å²) in [5, 5.41) is 9.38. The van der Waals surface area contributed by atoms with Gasteiger partial charge < -0.3 is 14.2 Å². The molecule has 0 fully saturated rings. The Morgan fingerprint density at radius 1 is 0.275 bits per heavy atom. The average Bonchev–Trinajstić information content (AvgIpc) is 3.56. The Morgan fingerprint density at radius 3 is 1.63 bits per heavy atom. The molecule has 9 aromatic carbocycles. The van der Waals surface area contributed by atoms with Gasteiger partial charge in [0.15, 0.2) is 0 Å². The zero-order chi connectivity index (χ0) is 33.7. The van der Waals surface area contributed by atoms with Crippen LogP contribution in [0.2, 0.25) is 0 Å². The van der Waals surface area contributed by atoms with Crippen molar-refractivity contribution in [1.82, 2.24) is 0 Å². The van der Waals surface area contributed by atoms with E-state index in [2.05, 4.69) is 198 Å². The highest BCUT2D eigenvalue weighted by molar-refractivity contribution is 6.20. The fourth-order valence-electron chi connectivity index (χ4n) is 7.60. The van der Waals surface area contributed by atoms with Gasteiger partial charge in [-0.1, -0.05) is 115 Å². The molecule has 0 amide bonds. The fourth-order valence-corrected chi connectivity index (χ4v) is 7.60. The summed E-state index contributed by atoms with van der Waals surface area (Å²) in [6.45, 7) is 0. The van der Waals surface area contributed by atoms with E-state index in [1.807, 2.05) is 6.07 Å². The monoisotopic (exact) mass is 652 g/mol. The predicted octanol–water partition coefficient (Wildman–Crippen LogP) is 14.0. The average molecular weight is 653 g/mol. The number of hydrogen-bond donors (Lipinski definition) is 0. The molecule has 1 aromatic heterocycles. The van der Waals surface area contributed by atoms with Gasteiger partial charge in [0.2, 0.25) is 0 Å². The number of benzene rings is 9. The van der Waals surface area contributed by atoms with Gasteiger partial charge in [0.1, 0.15) is 11.2 Å². The van der Waals surface area contributed by atoms with Crippen molar-refractivity contribution in [1.29, 1.82) is 0 Å². The molecule has 3 heteroatoms. The summed E-state index contributed by atoms with van der Waals surface area (Å²) in [4.78, 5) is 4.73. The molecule has 0 atom stereocenters. The molecule has 240 valence electrons. The van der Waals surface area contributed by atoms with Crippen molar-refractivity contribution in [3.63, 3.8) is 0 Å². The molecule has 0 saturated heterocycles. The number of furan rings is 1. The Morgan fingerprint density at radius 2 is 0.863 bits per heavy atom. The molecule has 3 nitrogen and oxygen atoms in total. The van der Waals surface area contributed by atoms with Gasteiger partial charge in [0, 0.05) is 44.6 Å². The molecule has 0 N–H and O–H groups in total. The third-order valence-electron chi connectivity index (χ3n) is 9.94. The second-order valence-electron chi connectivity index (χ2n) is 13.0. The predicted molar refractivity (Wildman–Crippen MR) is 216 cm³/mol.